The molecular weight excluding hydrogens is 352 g/mol. The lowest BCUT2D eigenvalue weighted by Gasteiger charge is -2.26. The van der Waals surface area contributed by atoms with Crippen molar-refractivity contribution < 1.29 is 4.57 Å². The number of rotatable bonds is 3. The number of fused-ring (bicyclic) bond motifs is 2. The summed E-state index contributed by atoms with van der Waals surface area (Å²) in [4.78, 5) is 4.64. The average molecular weight is 384 g/mol. The highest BCUT2D eigenvalue weighted by molar-refractivity contribution is 5.84. The fourth-order valence-corrected chi connectivity index (χ4v) is 4.72. The number of aryl methyl sites for hydroxylation is 1. The molecule has 2 nitrogen and oxygen atoms in total. The maximum Gasteiger partial charge on any atom is 0.212 e. The Labute approximate surface area is 174 Å². The van der Waals surface area contributed by atoms with Crippen molar-refractivity contribution in [3.8, 4) is 0 Å². The number of benzene rings is 2. The zero-order valence-electron chi connectivity index (χ0n) is 18.5. The van der Waals surface area contributed by atoms with Crippen molar-refractivity contribution in [2.75, 3.05) is 0 Å². The van der Waals surface area contributed by atoms with Crippen LogP contribution in [0.1, 0.15) is 51.3 Å². The topological polar surface area (TPSA) is 16.8 Å². The first kappa shape index (κ1) is 19.6. The smallest absolute Gasteiger partial charge is 0.212 e. The van der Waals surface area contributed by atoms with Crippen LogP contribution in [0, 0.1) is 6.92 Å². The molecule has 2 aromatic carbocycles. The van der Waals surface area contributed by atoms with Gasteiger partial charge in [0.25, 0.3) is 0 Å². The fraction of sp³-hybridized carbons (Fsp3) is 0.333. The van der Waals surface area contributed by atoms with E-state index >= 15 is 0 Å². The molecule has 0 saturated heterocycles. The molecule has 2 heterocycles. The molecule has 2 heteroatoms. The summed E-state index contributed by atoms with van der Waals surface area (Å²) in [6.07, 6.45) is 4.29. The summed E-state index contributed by atoms with van der Waals surface area (Å²) >= 11 is 0. The van der Waals surface area contributed by atoms with Crippen LogP contribution < -0.4 is 4.57 Å². The van der Waals surface area contributed by atoms with E-state index < -0.39 is 0 Å². The molecule has 0 aliphatic carbocycles. The standard InChI is InChI=1S/C27H31N2/c1-19-17-28-23-13-9-7-12-21(23)25(19)27(5,6)18-29-16-15-22(26(2,3)4)20-11-8-10-14-24(20)29/h7-17H,18H2,1-6H3/q+1. The summed E-state index contributed by atoms with van der Waals surface area (Å²) in [6, 6.07) is 19.6. The van der Waals surface area contributed by atoms with Gasteiger partial charge in [-0.25, -0.2) is 0 Å². The van der Waals surface area contributed by atoms with E-state index in [0.717, 1.165) is 12.1 Å². The lowest BCUT2D eigenvalue weighted by Crippen LogP contribution is -2.44. The van der Waals surface area contributed by atoms with Crippen LogP contribution in [0.5, 0.6) is 0 Å². The van der Waals surface area contributed by atoms with Crippen molar-refractivity contribution >= 4 is 21.8 Å². The molecule has 29 heavy (non-hydrogen) atoms. The molecule has 0 aliphatic heterocycles. The molecule has 4 rings (SSSR count). The van der Waals surface area contributed by atoms with Gasteiger partial charge in [0, 0.05) is 29.1 Å². The normalized spacial score (nSPS) is 12.6. The summed E-state index contributed by atoms with van der Waals surface area (Å²) in [7, 11) is 0. The predicted molar refractivity (Wildman–Crippen MR) is 122 cm³/mol. The van der Waals surface area contributed by atoms with Crippen LogP contribution in [0.2, 0.25) is 0 Å². The molecule has 0 unspecified atom stereocenters. The summed E-state index contributed by atoms with van der Waals surface area (Å²) in [5.74, 6) is 0. The van der Waals surface area contributed by atoms with Crippen molar-refractivity contribution in [3.05, 3.63) is 83.7 Å². The van der Waals surface area contributed by atoms with Crippen LogP contribution in [0.25, 0.3) is 21.8 Å². The molecule has 4 aromatic rings. The lowest BCUT2D eigenvalue weighted by molar-refractivity contribution is -0.679. The van der Waals surface area contributed by atoms with Gasteiger partial charge in [-0.3, -0.25) is 4.98 Å². The summed E-state index contributed by atoms with van der Waals surface area (Å²) < 4.78 is 2.42. The number of para-hydroxylation sites is 2. The first-order valence-corrected chi connectivity index (χ1v) is 10.4. The number of nitrogens with zero attached hydrogens (tertiary/aromatic N) is 2. The molecule has 0 N–H and O–H groups in total. The van der Waals surface area contributed by atoms with Gasteiger partial charge in [0.1, 0.15) is 0 Å². The first-order valence-electron chi connectivity index (χ1n) is 10.4. The van der Waals surface area contributed by atoms with Gasteiger partial charge in [0.05, 0.1) is 10.9 Å². The Kier molecular flexibility index (Phi) is 4.69. The van der Waals surface area contributed by atoms with E-state index in [1.54, 1.807) is 0 Å². The molecule has 0 atom stereocenters. The van der Waals surface area contributed by atoms with Gasteiger partial charge in [0.15, 0.2) is 12.7 Å². The van der Waals surface area contributed by atoms with E-state index in [4.69, 9.17) is 0 Å². The molecule has 0 bridgehead atoms. The minimum Gasteiger partial charge on any atom is -0.256 e. The number of aromatic nitrogens is 2. The van der Waals surface area contributed by atoms with Crippen molar-refractivity contribution in [2.45, 2.75) is 58.9 Å². The number of hydrogen-bond donors (Lipinski definition) is 0. The van der Waals surface area contributed by atoms with E-state index in [2.05, 4.69) is 112 Å². The fourth-order valence-electron chi connectivity index (χ4n) is 4.72. The lowest BCUT2D eigenvalue weighted by atomic mass is 9.79. The highest BCUT2D eigenvalue weighted by Gasteiger charge is 2.31. The minimum absolute atomic E-state index is 0.0384. The number of pyridine rings is 2. The van der Waals surface area contributed by atoms with Crippen LogP contribution in [-0.4, -0.2) is 4.98 Å². The van der Waals surface area contributed by atoms with Gasteiger partial charge in [0.2, 0.25) is 5.52 Å². The van der Waals surface area contributed by atoms with Crippen molar-refractivity contribution in [2.24, 2.45) is 0 Å². The maximum atomic E-state index is 4.64. The Morgan fingerprint density at radius 2 is 1.48 bits per heavy atom. The van der Waals surface area contributed by atoms with Crippen molar-refractivity contribution in [1.29, 1.82) is 0 Å². The Bertz CT molecular complexity index is 1200. The van der Waals surface area contributed by atoms with E-state index in [-0.39, 0.29) is 10.8 Å². The van der Waals surface area contributed by atoms with Gasteiger partial charge in [-0.2, -0.15) is 4.57 Å². The van der Waals surface area contributed by atoms with Gasteiger partial charge in [-0.05, 0) is 55.0 Å². The van der Waals surface area contributed by atoms with Crippen LogP contribution in [0.4, 0.5) is 0 Å². The third kappa shape index (κ3) is 3.53. The highest BCUT2D eigenvalue weighted by Crippen LogP contribution is 2.34. The van der Waals surface area contributed by atoms with Crippen LogP contribution in [0.15, 0.2) is 67.0 Å². The van der Waals surface area contributed by atoms with E-state index in [0.29, 0.717) is 0 Å². The molecule has 0 aliphatic rings. The maximum absolute atomic E-state index is 4.64. The molecule has 0 fully saturated rings. The summed E-state index contributed by atoms with van der Waals surface area (Å²) in [6.45, 7) is 14.7. The summed E-state index contributed by atoms with van der Waals surface area (Å²) in [5.41, 5.74) is 6.48. The number of hydrogen-bond acceptors (Lipinski definition) is 1. The molecule has 0 amide bonds. The Hall–Kier alpha value is -2.74. The molecule has 0 radical (unpaired) electrons. The third-order valence-electron chi connectivity index (χ3n) is 5.94. The molecule has 0 spiro atoms. The predicted octanol–water partition coefficient (Wildman–Crippen LogP) is 6.26. The van der Waals surface area contributed by atoms with Gasteiger partial charge in [-0.15, -0.1) is 0 Å². The SMILES string of the molecule is Cc1cnc2ccccc2c1C(C)(C)C[n+]1ccc(C(C)(C)C)c2ccccc21. The zero-order valence-corrected chi connectivity index (χ0v) is 18.5. The molecule has 0 saturated carbocycles. The molecular formula is C27H31N2+. The van der Waals surface area contributed by atoms with Gasteiger partial charge >= 0.3 is 0 Å². The molecule has 2 aromatic heterocycles. The van der Waals surface area contributed by atoms with Gasteiger partial charge < -0.3 is 0 Å². The van der Waals surface area contributed by atoms with Crippen LogP contribution >= 0.6 is 0 Å². The zero-order chi connectivity index (χ0) is 20.8. The second-order valence-corrected chi connectivity index (χ2v) is 9.84. The Morgan fingerprint density at radius 3 is 2.21 bits per heavy atom. The van der Waals surface area contributed by atoms with Crippen molar-refractivity contribution in [1.82, 2.24) is 4.98 Å². The third-order valence-corrected chi connectivity index (χ3v) is 5.94. The Morgan fingerprint density at radius 1 is 0.828 bits per heavy atom. The van der Waals surface area contributed by atoms with E-state index in [1.165, 1.54) is 33.0 Å². The largest absolute Gasteiger partial charge is 0.256 e. The van der Waals surface area contributed by atoms with E-state index in [1.807, 2.05) is 6.20 Å². The quantitative estimate of drug-likeness (QED) is 0.382. The highest BCUT2D eigenvalue weighted by atomic mass is 15.0. The first-order chi connectivity index (χ1) is 13.7. The summed E-state index contributed by atoms with van der Waals surface area (Å²) in [5, 5.41) is 2.60. The Balaban J connectivity index is 1.87. The minimum atomic E-state index is -0.0384. The molecule has 148 valence electrons. The van der Waals surface area contributed by atoms with Crippen LogP contribution in [-0.2, 0) is 17.4 Å². The monoisotopic (exact) mass is 383 g/mol. The second-order valence-electron chi connectivity index (χ2n) is 9.84. The van der Waals surface area contributed by atoms with Gasteiger partial charge in [-0.1, -0.05) is 51.1 Å². The van der Waals surface area contributed by atoms with Crippen molar-refractivity contribution in [3.63, 3.8) is 0 Å². The second kappa shape index (κ2) is 6.95. The average Bonchev–Trinajstić information content (AvgIpc) is 2.66. The van der Waals surface area contributed by atoms with E-state index in [9.17, 15) is 0 Å². The van der Waals surface area contributed by atoms with Crippen LogP contribution in [0.3, 0.4) is 0 Å².